The Morgan fingerprint density at radius 2 is 0.887 bits per heavy atom. The summed E-state index contributed by atoms with van der Waals surface area (Å²) in [5.74, 6) is 3.01. The Kier molecular flexibility index (Phi) is 33.1. The maximum absolute atomic E-state index is 10.8. The van der Waals surface area contributed by atoms with Gasteiger partial charge in [-0.2, -0.15) is 0 Å². The van der Waals surface area contributed by atoms with Crippen molar-refractivity contribution in [3.63, 3.8) is 0 Å². The van der Waals surface area contributed by atoms with Crippen LogP contribution in [-0.4, -0.2) is 144 Å². The van der Waals surface area contributed by atoms with E-state index in [2.05, 4.69) is 72.8 Å². The van der Waals surface area contributed by atoms with Crippen LogP contribution in [-0.2, 0) is 33.2 Å². The van der Waals surface area contributed by atoms with E-state index in [1.807, 2.05) is 19.1 Å². The number of rotatable bonds is 31. The van der Waals surface area contributed by atoms with E-state index in [4.69, 9.17) is 43.4 Å². The van der Waals surface area contributed by atoms with Crippen LogP contribution in [0.5, 0.6) is 0 Å². The Bertz CT molecular complexity index is 1230. The molecule has 0 aromatic rings. The average molecular weight is 887 g/mol. The molecule has 2 aliphatic carbocycles. The third kappa shape index (κ3) is 21.2. The Balaban J connectivity index is 0.00000116. The molecule has 62 heavy (non-hydrogen) atoms. The van der Waals surface area contributed by atoms with Crippen LogP contribution in [0.3, 0.4) is 0 Å². The van der Waals surface area contributed by atoms with Gasteiger partial charge in [0.05, 0.1) is 48.8 Å². The van der Waals surface area contributed by atoms with Gasteiger partial charge in [0.15, 0.2) is 6.29 Å². The van der Waals surface area contributed by atoms with Crippen molar-refractivity contribution < 1.29 is 58.7 Å². The zero-order valence-electron chi connectivity index (χ0n) is 41.7. The molecule has 0 heterocycles. The average Bonchev–Trinajstić information content (AvgIpc) is 4.22. The molecule has 2 rings (SSSR count). The highest BCUT2D eigenvalue weighted by Crippen LogP contribution is 2.51. The first-order valence-electron chi connectivity index (χ1n) is 23.0. The normalized spacial score (nSPS) is 25.5. The molecule has 2 aliphatic rings. The Hall–Kier alpha value is -1.52. The molecule has 17 atom stereocenters. The second-order valence-corrected chi connectivity index (χ2v) is 17.6. The lowest BCUT2D eigenvalue weighted by Gasteiger charge is -2.26. The number of ether oxygens (including phenoxy) is 7. The molecule has 0 aliphatic heterocycles. The zero-order valence-corrected chi connectivity index (χ0v) is 41.7. The zero-order chi connectivity index (χ0) is 47.5. The van der Waals surface area contributed by atoms with Gasteiger partial charge in [0, 0.05) is 81.7 Å². The predicted octanol–water partition coefficient (Wildman–Crippen LogP) is 7.55. The van der Waals surface area contributed by atoms with Crippen LogP contribution in [0.25, 0.3) is 0 Å². The molecule has 0 bridgehead atoms. The molecule has 0 saturated heterocycles. The van der Waals surface area contributed by atoms with Gasteiger partial charge in [-0.25, -0.2) is 0 Å². The lowest BCUT2D eigenvalue weighted by molar-refractivity contribution is -0.126. The molecule has 5 N–H and O–H groups in total. The fourth-order valence-corrected chi connectivity index (χ4v) is 9.10. The molecule has 0 radical (unpaired) electrons. The van der Waals surface area contributed by atoms with Crippen molar-refractivity contribution in [1.29, 1.82) is 0 Å². The maximum atomic E-state index is 10.8. The lowest BCUT2D eigenvalue weighted by Crippen LogP contribution is -2.34. The predicted molar refractivity (Wildman–Crippen MR) is 250 cm³/mol. The molecule has 0 amide bonds. The summed E-state index contributed by atoms with van der Waals surface area (Å²) in [6, 6.07) is 0. The van der Waals surface area contributed by atoms with E-state index in [1.165, 1.54) is 12.7 Å². The van der Waals surface area contributed by atoms with Gasteiger partial charge < -0.3 is 58.7 Å². The van der Waals surface area contributed by atoms with Crippen LogP contribution in [0.1, 0.15) is 107 Å². The minimum atomic E-state index is -0.875. The van der Waals surface area contributed by atoms with Crippen molar-refractivity contribution in [2.24, 2.45) is 47.3 Å². The fourth-order valence-electron chi connectivity index (χ4n) is 9.10. The highest BCUT2D eigenvalue weighted by molar-refractivity contribution is 5.15. The van der Waals surface area contributed by atoms with Gasteiger partial charge in [-0.05, 0) is 94.3 Å². The van der Waals surface area contributed by atoms with Crippen LogP contribution in [0.4, 0.5) is 0 Å². The van der Waals surface area contributed by atoms with Crippen LogP contribution in [0.15, 0.2) is 47.6 Å². The first-order chi connectivity index (χ1) is 29.6. The van der Waals surface area contributed by atoms with Crippen molar-refractivity contribution in [2.75, 3.05) is 63.5 Å². The van der Waals surface area contributed by atoms with E-state index >= 15 is 0 Å². The first kappa shape index (κ1) is 60.5. The highest BCUT2D eigenvalue weighted by atomic mass is 16.6. The summed E-state index contributed by atoms with van der Waals surface area (Å²) >= 11 is 0. The van der Waals surface area contributed by atoms with Crippen LogP contribution >= 0.6 is 0 Å². The monoisotopic (exact) mass is 887 g/mol. The smallest absolute Gasteiger partial charge is 0.156 e. The van der Waals surface area contributed by atoms with E-state index in [0.717, 1.165) is 44.8 Å². The summed E-state index contributed by atoms with van der Waals surface area (Å²) in [6.45, 7) is 17.2. The van der Waals surface area contributed by atoms with Crippen molar-refractivity contribution in [2.45, 2.75) is 162 Å². The van der Waals surface area contributed by atoms with Crippen molar-refractivity contribution in [1.82, 2.24) is 0 Å². The third-order valence-corrected chi connectivity index (χ3v) is 13.5. The molecule has 0 aromatic carbocycles. The van der Waals surface area contributed by atoms with Gasteiger partial charge in [0.1, 0.15) is 0 Å². The SMILES string of the molecule is CCC(OC)C(C)C1CC1C(O)C(C)/C=C/C=C(\C)CC(OC)C(CCO)OC.CCC(OC)C(C)C1CC1C(O)C(C)/C=C/C=C(\C)C[C@H](OC)C(C[C@@H](O)OC)OC.CO. The Labute approximate surface area is 378 Å². The number of hydrogen-bond acceptors (Lipinski definition) is 12. The topological polar surface area (TPSA) is 166 Å². The van der Waals surface area contributed by atoms with Gasteiger partial charge in [-0.3, -0.25) is 0 Å². The van der Waals surface area contributed by atoms with Gasteiger partial charge >= 0.3 is 0 Å². The number of methoxy groups -OCH3 is 7. The summed E-state index contributed by atoms with van der Waals surface area (Å²) in [5.41, 5.74) is 2.32. The largest absolute Gasteiger partial charge is 0.400 e. The van der Waals surface area contributed by atoms with Gasteiger partial charge in [0.25, 0.3) is 0 Å². The van der Waals surface area contributed by atoms with Crippen LogP contribution in [0.2, 0.25) is 0 Å². The van der Waals surface area contributed by atoms with Crippen LogP contribution < -0.4 is 0 Å². The van der Waals surface area contributed by atoms with Gasteiger partial charge in [-0.15, -0.1) is 0 Å². The molecule has 0 spiro atoms. The maximum Gasteiger partial charge on any atom is 0.156 e. The van der Waals surface area contributed by atoms with E-state index in [9.17, 15) is 15.3 Å². The quantitative estimate of drug-likeness (QED) is 0.0344. The minimum Gasteiger partial charge on any atom is -0.400 e. The molecule has 12 heteroatoms. The van der Waals surface area contributed by atoms with Crippen molar-refractivity contribution >= 4 is 0 Å². The van der Waals surface area contributed by atoms with E-state index in [1.54, 1.807) is 42.7 Å². The molecule has 366 valence electrons. The summed E-state index contributed by atoms with van der Waals surface area (Å²) in [7, 11) is 12.6. The molecule has 2 fully saturated rings. The standard InChI is InChI=1S/C25H46O6.C24H44O5.CH4O/c1-9-21(28-5)18(4)19-14-20(19)25(27)17(3)12-10-11-16(2)13-22(29-6)23(30-7)15-24(26)31-8;1-8-21(27-5)18(4)19-15-20(19)24(26)17(3)11-9-10-16(2)14-23(29-7)22(28-6)12-13-25;1-2/h10-12,17-27H,9,13-15H2,1-8H3;9-11,17-26H,8,12-15H2,1-7H3;2H,1H3/b12-10+,16-11+;11-9+,16-10+;/t17?,18?,19?,20?,21?,22-,23?,24-,25?;;/m0../s1. The summed E-state index contributed by atoms with van der Waals surface area (Å²) < 4.78 is 38.2. The molecule has 12 nitrogen and oxygen atoms in total. The number of aliphatic hydroxyl groups excluding tert-OH is 5. The molecular weight excluding hydrogens is 793 g/mol. The number of aliphatic hydroxyl groups is 5. The summed E-state index contributed by atoms with van der Waals surface area (Å²) in [6.07, 6.45) is 17.3. The second-order valence-electron chi connectivity index (χ2n) is 17.6. The lowest BCUT2D eigenvalue weighted by atomic mass is 9.91. The molecule has 0 aromatic heterocycles. The molecule has 15 unspecified atom stereocenters. The number of allylic oxidation sites excluding steroid dienone is 4. The Morgan fingerprint density at radius 3 is 1.19 bits per heavy atom. The first-order valence-corrected chi connectivity index (χ1v) is 23.0. The van der Waals surface area contributed by atoms with Gasteiger partial charge in [-0.1, -0.05) is 89.1 Å². The van der Waals surface area contributed by atoms with E-state index < -0.39 is 6.29 Å². The minimum absolute atomic E-state index is 0.0826. The summed E-state index contributed by atoms with van der Waals surface area (Å²) in [5, 5.41) is 47.4. The molecular formula is C50H94O12. The fraction of sp³-hybridized carbons (Fsp3) is 0.840. The summed E-state index contributed by atoms with van der Waals surface area (Å²) in [4.78, 5) is 0. The van der Waals surface area contributed by atoms with Gasteiger partial charge in [0.2, 0.25) is 0 Å². The van der Waals surface area contributed by atoms with Crippen molar-refractivity contribution in [3.05, 3.63) is 47.6 Å². The Morgan fingerprint density at radius 1 is 0.532 bits per heavy atom. The van der Waals surface area contributed by atoms with E-state index in [-0.39, 0.29) is 67.3 Å². The highest BCUT2D eigenvalue weighted by Gasteiger charge is 2.49. The third-order valence-electron chi connectivity index (χ3n) is 13.5. The second kappa shape index (κ2) is 33.9. The molecule has 2 saturated carbocycles. The van der Waals surface area contributed by atoms with Crippen LogP contribution in [0, 0.1) is 47.3 Å². The van der Waals surface area contributed by atoms with E-state index in [0.29, 0.717) is 54.8 Å². The van der Waals surface area contributed by atoms with Crippen molar-refractivity contribution in [3.8, 4) is 0 Å². The number of hydrogen-bond donors (Lipinski definition) is 5.